The third-order valence-electron chi connectivity index (χ3n) is 5.25. The van der Waals surface area contributed by atoms with Crippen LogP contribution in [0, 0.1) is 5.41 Å². The largest absolute Gasteiger partial charge is 0.473 e. The molecule has 0 aromatic carbocycles. The number of rotatable bonds is 14. The van der Waals surface area contributed by atoms with Crippen molar-refractivity contribution < 1.29 is 14.9 Å². The molecule has 0 radical (unpaired) electrons. The highest BCUT2D eigenvalue weighted by Gasteiger charge is 2.23. The second-order valence-corrected chi connectivity index (χ2v) is 7.13. The van der Waals surface area contributed by atoms with Crippen molar-refractivity contribution >= 4 is 0 Å². The first kappa shape index (κ1) is 27.4. The summed E-state index contributed by atoms with van der Waals surface area (Å²) in [5, 5.41) is 17.6. The van der Waals surface area contributed by atoms with Crippen LogP contribution in [0.3, 0.4) is 0 Å². The Hall–Kier alpha value is -0.800. The van der Waals surface area contributed by atoms with E-state index in [1.807, 2.05) is 26.4 Å². The van der Waals surface area contributed by atoms with E-state index in [4.69, 9.17) is 14.9 Å². The van der Waals surface area contributed by atoms with Crippen LogP contribution in [0.25, 0.3) is 0 Å². The van der Waals surface area contributed by atoms with Crippen LogP contribution >= 0.6 is 0 Å². The second-order valence-electron chi connectivity index (χ2n) is 7.13. The Balaban J connectivity index is 0. The molecule has 0 saturated heterocycles. The Kier molecular flexibility index (Phi) is 20.0. The summed E-state index contributed by atoms with van der Waals surface area (Å²) in [6, 6.07) is 0. The molecular formula is C23H46O3. The Morgan fingerprint density at radius 2 is 1.12 bits per heavy atom. The minimum Gasteiger partial charge on any atom is -0.473 e. The number of ether oxygens (including phenoxy) is 1. The highest BCUT2D eigenvalue weighted by molar-refractivity contribution is 5.01. The zero-order chi connectivity index (χ0) is 20.3. The maximum Gasteiger partial charge on any atom is 0.0893 e. The standard InChI is InChI=1S/C16H30O.C7H16O2/c1-5-9-11-15(7-3)13-17-14-16(8-4)12-10-6-2;1-3-7(4-2,5-8)6-9/h13-14H,5-12H2,1-4H3;8-9H,3-6H2,1-2H3. The van der Waals surface area contributed by atoms with E-state index < -0.39 is 0 Å². The van der Waals surface area contributed by atoms with Crippen LogP contribution in [0.2, 0.25) is 0 Å². The van der Waals surface area contributed by atoms with E-state index in [1.165, 1.54) is 49.7 Å². The van der Waals surface area contributed by atoms with Gasteiger partial charge in [0.15, 0.2) is 0 Å². The van der Waals surface area contributed by atoms with Gasteiger partial charge in [0.2, 0.25) is 0 Å². The third kappa shape index (κ3) is 13.4. The lowest BCUT2D eigenvalue weighted by atomic mass is 9.84. The van der Waals surface area contributed by atoms with Gasteiger partial charge in [-0.2, -0.15) is 0 Å². The molecule has 2 N–H and O–H groups in total. The first-order valence-corrected chi connectivity index (χ1v) is 10.8. The molecule has 0 fully saturated rings. The summed E-state index contributed by atoms with van der Waals surface area (Å²) in [5.74, 6) is 0. The summed E-state index contributed by atoms with van der Waals surface area (Å²) < 4.78 is 5.61. The molecule has 156 valence electrons. The van der Waals surface area contributed by atoms with Gasteiger partial charge in [-0.25, -0.2) is 0 Å². The number of hydrogen-bond donors (Lipinski definition) is 2. The molecule has 0 spiro atoms. The van der Waals surface area contributed by atoms with Crippen molar-refractivity contribution in [1.29, 1.82) is 0 Å². The molecular weight excluding hydrogens is 324 g/mol. The smallest absolute Gasteiger partial charge is 0.0893 e. The Bertz CT molecular complexity index is 313. The monoisotopic (exact) mass is 370 g/mol. The molecule has 0 aromatic rings. The van der Waals surface area contributed by atoms with E-state index >= 15 is 0 Å². The third-order valence-corrected chi connectivity index (χ3v) is 5.25. The summed E-state index contributed by atoms with van der Waals surface area (Å²) in [7, 11) is 0. The zero-order valence-electron chi connectivity index (χ0n) is 18.4. The normalized spacial score (nSPS) is 12.6. The molecule has 0 heterocycles. The number of aliphatic hydroxyl groups excluding tert-OH is 2. The quantitative estimate of drug-likeness (QED) is 0.332. The molecule has 0 aliphatic rings. The Morgan fingerprint density at radius 1 is 0.731 bits per heavy atom. The fourth-order valence-electron chi connectivity index (χ4n) is 2.42. The summed E-state index contributed by atoms with van der Waals surface area (Å²) >= 11 is 0. The van der Waals surface area contributed by atoms with E-state index in [1.54, 1.807) is 0 Å². The summed E-state index contributed by atoms with van der Waals surface area (Å²) in [5.41, 5.74) is 2.63. The van der Waals surface area contributed by atoms with Gasteiger partial charge in [0.25, 0.3) is 0 Å². The first-order chi connectivity index (χ1) is 12.5. The lowest BCUT2D eigenvalue weighted by molar-refractivity contribution is 0.0480. The number of allylic oxidation sites excluding steroid dienone is 2. The van der Waals surface area contributed by atoms with Crippen molar-refractivity contribution in [1.82, 2.24) is 0 Å². The van der Waals surface area contributed by atoms with Gasteiger partial charge >= 0.3 is 0 Å². The molecule has 0 bridgehead atoms. The number of aliphatic hydroxyl groups is 2. The van der Waals surface area contributed by atoms with Crippen LogP contribution in [-0.4, -0.2) is 23.4 Å². The van der Waals surface area contributed by atoms with Crippen molar-refractivity contribution in [2.75, 3.05) is 13.2 Å². The van der Waals surface area contributed by atoms with Gasteiger partial charge in [-0.1, -0.05) is 54.4 Å². The average molecular weight is 371 g/mol. The van der Waals surface area contributed by atoms with Gasteiger partial charge in [0.1, 0.15) is 0 Å². The van der Waals surface area contributed by atoms with Crippen molar-refractivity contribution in [2.45, 2.75) is 106 Å². The topological polar surface area (TPSA) is 49.7 Å². The van der Waals surface area contributed by atoms with Crippen molar-refractivity contribution in [3.8, 4) is 0 Å². The predicted molar refractivity (Wildman–Crippen MR) is 114 cm³/mol. The molecule has 0 saturated carbocycles. The van der Waals surface area contributed by atoms with Crippen molar-refractivity contribution in [2.24, 2.45) is 5.41 Å². The van der Waals surface area contributed by atoms with Crippen LogP contribution in [-0.2, 0) is 4.74 Å². The minimum atomic E-state index is -0.222. The first-order valence-electron chi connectivity index (χ1n) is 10.8. The molecule has 0 aromatic heterocycles. The lowest BCUT2D eigenvalue weighted by Gasteiger charge is -2.25. The van der Waals surface area contributed by atoms with Gasteiger partial charge < -0.3 is 14.9 Å². The summed E-state index contributed by atoms with van der Waals surface area (Å²) in [6.45, 7) is 13.0. The number of hydrogen-bond acceptors (Lipinski definition) is 3. The van der Waals surface area contributed by atoms with Crippen LogP contribution in [0.1, 0.15) is 106 Å². The van der Waals surface area contributed by atoms with Gasteiger partial charge in [-0.3, -0.25) is 0 Å². The highest BCUT2D eigenvalue weighted by atomic mass is 16.5. The second kappa shape index (κ2) is 19.0. The van der Waals surface area contributed by atoms with Gasteiger partial charge in [-0.05, 0) is 62.5 Å². The molecule has 0 rings (SSSR count). The van der Waals surface area contributed by atoms with Gasteiger partial charge in [0.05, 0.1) is 25.7 Å². The molecule has 26 heavy (non-hydrogen) atoms. The minimum absolute atomic E-state index is 0.0938. The SMILES string of the molecule is CCC(CC)(CO)CO.CCCCC(=COC=C(CC)CCCC)CC. The van der Waals surface area contributed by atoms with Gasteiger partial charge in [0, 0.05) is 5.41 Å². The molecule has 3 heteroatoms. The van der Waals surface area contributed by atoms with E-state index in [2.05, 4.69) is 27.7 Å². The molecule has 0 unspecified atom stereocenters. The van der Waals surface area contributed by atoms with E-state index in [0.717, 1.165) is 25.7 Å². The van der Waals surface area contributed by atoms with Gasteiger partial charge in [-0.15, -0.1) is 0 Å². The maximum absolute atomic E-state index is 8.82. The Morgan fingerprint density at radius 3 is 1.31 bits per heavy atom. The van der Waals surface area contributed by atoms with E-state index in [0.29, 0.717) is 0 Å². The van der Waals surface area contributed by atoms with Crippen molar-refractivity contribution in [3.05, 3.63) is 23.7 Å². The highest BCUT2D eigenvalue weighted by Crippen LogP contribution is 2.23. The Labute approximate surface area is 163 Å². The molecule has 3 nitrogen and oxygen atoms in total. The fraction of sp³-hybridized carbons (Fsp3) is 0.826. The summed E-state index contributed by atoms with van der Waals surface area (Å²) in [6.07, 6.45) is 15.2. The molecule has 0 aliphatic heterocycles. The van der Waals surface area contributed by atoms with Crippen LogP contribution in [0.15, 0.2) is 23.7 Å². The summed E-state index contributed by atoms with van der Waals surface area (Å²) in [4.78, 5) is 0. The average Bonchev–Trinajstić information content (AvgIpc) is 2.69. The lowest BCUT2D eigenvalue weighted by Crippen LogP contribution is -2.27. The van der Waals surface area contributed by atoms with E-state index in [9.17, 15) is 0 Å². The van der Waals surface area contributed by atoms with Crippen LogP contribution < -0.4 is 0 Å². The maximum atomic E-state index is 8.82. The molecule has 0 amide bonds. The number of unbranched alkanes of at least 4 members (excludes halogenated alkanes) is 2. The van der Waals surface area contributed by atoms with Crippen LogP contribution in [0.4, 0.5) is 0 Å². The van der Waals surface area contributed by atoms with E-state index in [-0.39, 0.29) is 18.6 Å². The van der Waals surface area contributed by atoms with Crippen LogP contribution in [0.5, 0.6) is 0 Å². The fourth-order valence-corrected chi connectivity index (χ4v) is 2.42. The van der Waals surface area contributed by atoms with Crippen molar-refractivity contribution in [3.63, 3.8) is 0 Å². The zero-order valence-corrected chi connectivity index (χ0v) is 18.4. The molecule has 0 aliphatic carbocycles. The predicted octanol–water partition coefficient (Wildman–Crippen LogP) is 6.75. The molecule has 0 atom stereocenters.